The lowest BCUT2D eigenvalue weighted by Gasteiger charge is -2.14. The minimum atomic E-state index is -0.586. The Morgan fingerprint density at radius 2 is 1.62 bits per heavy atom. The van der Waals surface area contributed by atoms with Crippen LogP contribution in [0.15, 0.2) is 79.1 Å². The maximum atomic E-state index is 15.2. The molecule has 3 rings (SSSR count). The van der Waals surface area contributed by atoms with Crippen molar-refractivity contribution in [2.75, 3.05) is 0 Å². The van der Waals surface area contributed by atoms with E-state index in [1.54, 1.807) is 44.2 Å². The van der Waals surface area contributed by atoms with E-state index in [4.69, 9.17) is 9.47 Å². The van der Waals surface area contributed by atoms with Crippen molar-refractivity contribution < 1.29 is 23.0 Å². The smallest absolute Gasteiger partial charge is 0.338 e. The molecule has 3 nitrogen and oxygen atoms in total. The zero-order valence-corrected chi connectivity index (χ0v) is 18.3. The van der Waals surface area contributed by atoms with Gasteiger partial charge in [0.15, 0.2) is 0 Å². The van der Waals surface area contributed by atoms with E-state index in [1.807, 2.05) is 13.0 Å². The standard InChI is InChI=1S/C27H24F2O3/c1-6-18-7-10-26(32-27(30)16(2)3)24(11-18)23-9-8-19(14-25(23)29)20-12-21(28)15-22(13-20)31-17(4)5/h7-15H,2,4,6H2,1,3,5H3. The molecule has 32 heavy (non-hydrogen) atoms. The van der Waals surface area contributed by atoms with Gasteiger partial charge in [-0.05, 0) is 67.3 Å². The highest BCUT2D eigenvalue weighted by molar-refractivity contribution is 5.90. The van der Waals surface area contributed by atoms with Crippen molar-refractivity contribution in [2.45, 2.75) is 27.2 Å². The molecule has 0 radical (unpaired) electrons. The number of halogens is 2. The Kier molecular flexibility index (Phi) is 6.89. The van der Waals surface area contributed by atoms with E-state index < -0.39 is 17.6 Å². The van der Waals surface area contributed by atoms with Crippen LogP contribution >= 0.6 is 0 Å². The third-order valence-corrected chi connectivity index (χ3v) is 4.76. The fourth-order valence-corrected chi connectivity index (χ4v) is 3.19. The first-order valence-corrected chi connectivity index (χ1v) is 10.1. The van der Waals surface area contributed by atoms with E-state index in [-0.39, 0.29) is 22.6 Å². The summed E-state index contributed by atoms with van der Waals surface area (Å²) in [7, 11) is 0. The molecule has 0 amide bonds. The lowest BCUT2D eigenvalue weighted by atomic mass is 9.97. The zero-order chi connectivity index (χ0) is 23.4. The monoisotopic (exact) mass is 434 g/mol. The van der Waals surface area contributed by atoms with E-state index in [9.17, 15) is 9.18 Å². The molecule has 5 heteroatoms. The van der Waals surface area contributed by atoms with Crippen molar-refractivity contribution in [1.82, 2.24) is 0 Å². The van der Waals surface area contributed by atoms with Gasteiger partial charge in [0.25, 0.3) is 0 Å². The molecular formula is C27H24F2O3. The summed E-state index contributed by atoms with van der Waals surface area (Å²) in [4.78, 5) is 12.0. The van der Waals surface area contributed by atoms with Gasteiger partial charge in [-0.1, -0.05) is 38.3 Å². The maximum Gasteiger partial charge on any atom is 0.338 e. The summed E-state index contributed by atoms with van der Waals surface area (Å²) in [6.07, 6.45) is 0.732. The normalized spacial score (nSPS) is 10.5. The van der Waals surface area contributed by atoms with Gasteiger partial charge in [0, 0.05) is 22.8 Å². The largest absolute Gasteiger partial charge is 0.463 e. The van der Waals surface area contributed by atoms with Gasteiger partial charge >= 0.3 is 5.97 Å². The number of hydrogen-bond acceptors (Lipinski definition) is 3. The van der Waals surface area contributed by atoms with Crippen LogP contribution in [0.5, 0.6) is 11.5 Å². The number of ether oxygens (including phenoxy) is 2. The number of carbonyl (C=O) groups is 1. The SMILES string of the molecule is C=C(C)Oc1cc(F)cc(-c2ccc(-c3cc(CC)ccc3OC(=O)C(=C)C)c(F)c2)c1. The Labute approximate surface area is 186 Å². The molecule has 3 aromatic rings. The first kappa shape index (κ1) is 22.9. The Bertz CT molecular complexity index is 1210. The summed E-state index contributed by atoms with van der Waals surface area (Å²) in [6, 6.07) is 14.0. The third-order valence-electron chi connectivity index (χ3n) is 4.76. The molecule has 164 valence electrons. The molecule has 0 aromatic heterocycles. The van der Waals surface area contributed by atoms with Gasteiger partial charge in [-0.25, -0.2) is 13.6 Å². The van der Waals surface area contributed by atoms with Crippen molar-refractivity contribution in [3.8, 4) is 33.8 Å². The lowest BCUT2D eigenvalue weighted by molar-refractivity contribution is -0.130. The van der Waals surface area contributed by atoms with Gasteiger partial charge in [0.2, 0.25) is 0 Å². The van der Waals surface area contributed by atoms with Gasteiger partial charge in [-0.15, -0.1) is 0 Å². The van der Waals surface area contributed by atoms with E-state index in [1.165, 1.54) is 18.2 Å². The second-order valence-corrected chi connectivity index (χ2v) is 7.53. The molecule has 0 unspecified atom stereocenters. The minimum Gasteiger partial charge on any atom is -0.463 e. The van der Waals surface area contributed by atoms with Crippen LogP contribution in [0.1, 0.15) is 26.3 Å². The summed E-state index contributed by atoms with van der Waals surface area (Å²) in [6.45, 7) is 12.4. The van der Waals surface area contributed by atoms with Gasteiger partial charge in [0.1, 0.15) is 23.1 Å². The van der Waals surface area contributed by atoms with E-state index in [0.29, 0.717) is 22.4 Å². The number of carbonyl (C=O) groups excluding carboxylic acids is 1. The van der Waals surface area contributed by atoms with E-state index in [0.717, 1.165) is 12.0 Å². The third kappa shape index (κ3) is 5.30. The summed E-state index contributed by atoms with van der Waals surface area (Å²) in [5, 5.41) is 0. The number of aryl methyl sites for hydroxylation is 1. The maximum absolute atomic E-state index is 15.2. The Balaban J connectivity index is 2.05. The molecule has 0 aliphatic heterocycles. The van der Waals surface area contributed by atoms with Crippen LogP contribution in [0.25, 0.3) is 22.3 Å². The van der Waals surface area contributed by atoms with Gasteiger partial charge in [-0.3, -0.25) is 0 Å². The van der Waals surface area contributed by atoms with Crippen molar-refractivity contribution >= 4 is 5.97 Å². The van der Waals surface area contributed by atoms with E-state index in [2.05, 4.69) is 13.2 Å². The van der Waals surface area contributed by atoms with Crippen LogP contribution < -0.4 is 9.47 Å². The summed E-state index contributed by atoms with van der Waals surface area (Å²) in [5.74, 6) is -0.692. The minimum absolute atomic E-state index is 0.241. The van der Waals surface area contributed by atoms with Crippen LogP contribution in [0, 0.1) is 11.6 Å². The predicted molar refractivity (Wildman–Crippen MR) is 122 cm³/mol. The molecule has 0 aliphatic carbocycles. The van der Waals surface area contributed by atoms with Crippen LogP contribution in [-0.4, -0.2) is 5.97 Å². The Morgan fingerprint density at radius 3 is 2.25 bits per heavy atom. The molecule has 0 saturated heterocycles. The fourth-order valence-electron chi connectivity index (χ4n) is 3.19. The average Bonchev–Trinajstić information content (AvgIpc) is 2.73. The predicted octanol–water partition coefficient (Wildman–Crippen LogP) is 7.26. The highest BCUT2D eigenvalue weighted by Gasteiger charge is 2.16. The molecule has 0 heterocycles. The molecule has 0 atom stereocenters. The number of allylic oxidation sites excluding steroid dienone is 1. The Hall–Kier alpha value is -3.73. The van der Waals surface area contributed by atoms with Crippen LogP contribution in [-0.2, 0) is 11.2 Å². The second kappa shape index (κ2) is 9.60. The van der Waals surface area contributed by atoms with Crippen LogP contribution in [0.4, 0.5) is 8.78 Å². The summed E-state index contributed by atoms with van der Waals surface area (Å²) >= 11 is 0. The second-order valence-electron chi connectivity index (χ2n) is 7.53. The molecule has 0 N–H and O–H groups in total. The van der Waals surface area contributed by atoms with Crippen molar-refractivity contribution in [3.05, 3.63) is 96.3 Å². The Morgan fingerprint density at radius 1 is 0.875 bits per heavy atom. The number of benzene rings is 3. The number of esters is 1. The van der Waals surface area contributed by atoms with Crippen LogP contribution in [0.3, 0.4) is 0 Å². The average molecular weight is 434 g/mol. The number of hydrogen-bond donors (Lipinski definition) is 0. The fraction of sp³-hybridized carbons (Fsp3) is 0.148. The summed E-state index contributed by atoms with van der Waals surface area (Å²) < 4.78 is 40.1. The molecule has 0 spiro atoms. The molecule has 0 fully saturated rings. The highest BCUT2D eigenvalue weighted by atomic mass is 19.1. The highest BCUT2D eigenvalue weighted by Crippen LogP contribution is 2.36. The van der Waals surface area contributed by atoms with E-state index >= 15 is 4.39 Å². The first-order chi connectivity index (χ1) is 15.2. The molecule has 0 saturated carbocycles. The molecule has 0 bridgehead atoms. The number of rotatable bonds is 7. The molecule has 0 aliphatic rings. The summed E-state index contributed by atoms with van der Waals surface area (Å²) in [5.41, 5.74) is 2.86. The first-order valence-electron chi connectivity index (χ1n) is 10.1. The topological polar surface area (TPSA) is 35.5 Å². The van der Waals surface area contributed by atoms with Crippen molar-refractivity contribution in [2.24, 2.45) is 0 Å². The van der Waals surface area contributed by atoms with Gasteiger partial charge in [0.05, 0.1) is 5.76 Å². The van der Waals surface area contributed by atoms with Gasteiger partial charge < -0.3 is 9.47 Å². The van der Waals surface area contributed by atoms with Gasteiger partial charge in [-0.2, -0.15) is 0 Å². The molecular weight excluding hydrogens is 410 g/mol. The van der Waals surface area contributed by atoms with Crippen LogP contribution in [0.2, 0.25) is 0 Å². The zero-order valence-electron chi connectivity index (χ0n) is 18.3. The lowest BCUT2D eigenvalue weighted by Crippen LogP contribution is -2.09. The molecule has 3 aromatic carbocycles. The van der Waals surface area contributed by atoms with Crippen molar-refractivity contribution in [1.29, 1.82) is 0 Å². The van der Waals surface area contributed by atoms with Crippen molar-refractivity contribution in [3.63, 3.8) is 0 Å². The quantitative estimate of drug-likeness (QED) is 0.170.